The topological polar surface area (TPSA) is 56.3 Å². The molecule has 1 rings (SSSR count). The van der Waals surface area contributed by atoms with E-state index >= 15 is 0 Å². The maximum atomic E-state index is 5.53. The molecular formula is C11H19N3O2. The summed E-state index contributed by atoms with van der Waals surface area (Å²) in [7, 11) is 3.43. The molecule has 1 aromatic rings. The van der Waals surface area contributed by atoms with E-state index in [2.05, 4.69) is 22.2 Å². The Bertz CT molecular complexity index is 318. The van der Waals surface area contributed by atoms with Gasteiger partial charge in [-0.1, -0.05) is 13.3 Å². The van der Waals surface area contributed by atoms with Crippen LogP contribution in [0.3, 0.4) is 0 Å². The molecule has 1 N–H and O–H groups in total. The van der Waals surface area contributed by atoms with Gasteiger partial charge in [0.2, 0.25) is 5.88 Å². The van der Waals surface area contributed by atoms with Gasteiger partial charge in [-0.05, 0) is 6.42 Å². The van der Waals surface area contributed by atoms with E-state index < -0.39 is 0 Å². The number of ether oxygens (including phenoxy) is 2. The zero-order valence-electron chi connectivity index (χ0n) is 10.1. The van der Waals surface area contributed by atoms with E-state index in [9.17, 15) is 0 Å². The van der Waals surface area contributed by atoms with Gasteiger partial charge < -0.3 is 14.8 Å². The minimum absolute atomic E-state index is 0.389. The first-order chi connectivity index (χ1) is 7.80. The van der Waals surface area contributed by atoms with Crippen LogP contribution in [0.1, 0.15) is 25.6 Å². The van der Waals surface area contributed by atoms with Crippen molar-refractivity contribution >= 4 is 5.82 Å². The van der Waals surface area contributed by atoms with Crippen LogP contribution in [-0.2, 0) is 11.3 Å². The Morgan fingerprint density at radius 1 is 1.38 bits per heavy atom. The summed E-state index contributed by atoms with van der Waals surface area (Å²) in [6.07, 6.45) is 2.13. The molecule has 5 nitrogen and oxygen atoms in total. The average Bonchev–Trinajstić information content (AvgIpc) is 2.29. The minimum atomic E-state index is 0.389. The van der Waals surface area contributed by atoms with Crippen molar-refractivity contribution < 1.29 is 9.47 Å². The molecule has 0 unspecified atom stereocenters. The first-order valence-electron chi connectivity index (χ1n) is 5.47. The van der Waals surface area contributed by atoms with Gasteiger partial charge in [0, 0.05) is 20.2 Å². The molecule has 1 heterocycles. The number of aromatic nitrogens is 2. The second-order valence-electron chi connectivity index (χ2n) is 3.39. The fourth-order valence-electron chi connectivity index (χ4n) is 1.19. The van der Waals surface area contributed by atoms with E-state index in [-0.39, 0.29) is 0 Å². The maximum absolute atomic E-state index is 5.53. The number of rotatable bonds is 7. The van der Waals surface area contributed by atoms with Crippen LogP contribution in [0.4, 0.5) is 5.82 Å². The highest BCUT2D eigenvalue weighted by molar-refractivity contribution is 5.37. The van der Waals surface area contributed by atoms with Crippen molar-refractivity contribution in [2.75, 3.05) is 26.1 Å². The molecule has 0 atom stereocenters. The van der Waals surface area contributed by atoms with E-state index in [4.69, 9.17) is 9.47 Å². The molecule has 0 bridgehead atoms. The Morgan fingerprint density at radius 2 is 2.19 bits per heavy atom. The summed E-state index contributed by atoms with van der Waals surface area (Å²) in [4.78, 5) is 8.49. The molecule has 0 amide bonds. The Morgan fingerprint density at radius 3 is 2.81 bits per heavy atom. The van der Waals surface area contributed by atoms with Crippen LogP contribution in [0.5, 0.6) is 5.88 Å². The van der Waals surface area contributed by atoms with Crippen LogP contribution in [0.2, 0.25) is 0 Å². The third-order valence-corrected chi connectivity index (χ3v) is 2.03. The Kier molecular flexibility index (Phi) is 5.56. The number of unbranched alkanes of at least 4 members (excludes halogenated alkanes) is 1. The van der Waals surface area contributed by atoms with E-state index in [0.717, 1.165) is 18.7 Å². The van der Waals surface area contributed by atoms with E-state index in [1.807, 2.05) is 7.05 Å². The predicted octanol–water partition coefficient (Wildman–Crippen LogP) is 1.84. The van der Waals surface area contributed by atoms with Gasteiger partial charge in [-0.15, -0.1) is 0 Å². The molecule has 16 heavy (non-hydrogen) atoms. The van der Waals surface area contributed by atoms with Crippen LogP contribution < -0.4 is 10.1 Å². The molecule has 0 spiro atoms. The molecule has 0 fully saturated rings. The van der Waals surface area contributed by atoms with Crippen LogP contribution in [-0.4, -0.2) is 30.7 Å². The third kappa shape index (κ3) is 4.02. The normalized spacial score (nSPS) is 10.2. The monoisotopic (exact) mass is 225 g/mol. The molecule has 0 aliphatic heterocycles. The van der Waals surface area contributed by atoms with Gasteiger partial charge in [0.25, 0.3) is 0 Å². The van der Waals surface area contributed by atoms with Gasteiger partial charge in [0.1, 0.15) is 12.4 Å². The molecule has 1 aromatic heterocycles. The van der Waals surface area contributed by atoms with Crippen molar-refractivity contribution in [2.24, 2.45) is 0 Å². The number of nitrogens with zero attached hydrogens (tertiary/aromatic N) is 2. The molecule has 0 aromatic carbocycles. The highest BCUT2D eigenvalue weighted by atomic mass is 16.5. The molecule has 0 aliphatic rings. The summed E-state index contributed by atoms with van der Waals surface area (Å²) in [6, 6.07) is 1.79. The van der Waals surface area contributed by atoms with Crippen molar-refractivity contribution in [3.05, 3.63) is 11.9 Å². The fourth-order valence-corrected chi connectivity index (χ4v) is 1.19. The number of methoxy groups -OCH3 is 1. The number of hydrogen-bond donors (Lipinski definition) is 1. The minimum Gasteiger partial charge on any atom is -0.478 e. The molecule has 0 saturated heterocycles. The quantitative estimate of drug-likeness (QED) is 0.718. The molecular weight excluding hydrogens is 206 g/mol. The van der Waals surface area contributed by atoms with E-state index in [0.29, 0.717) is 24.9 Å². The summed E-state index contributed by atoms with van der Waals surface area (Å²) in [6.45, 7) is 3.20. The number of nitrogens with one attached hydrogen (secondary N) is 1. The van der Waals surface area contributed by atoms with Crippen molar-refractivity contribution in [3.63, 3.8) is 0 Å². The van der Waals surface area contributed by atoms with E-state index in [1.54, 1.807) is 13.2 Å². The lowest BCUT2D eigenvalue weighted by atomic mass is 10.4. The Hall–Kier alpha value is -1.36. The van der Waals surface area contributed by atoms with Crippen molar-refractivity contribution in [2.45, 2.75) is 26.4 Å². The standard InChI is InChI=1S/C11H19N3O2/c1-4-5-6-16-11-7-9(12-2)13-10(14-11)8-15-3/h7H,4-6,8H2,1-3H3,(H,12,13,14). The maximum Gasteiger partial charge on any atom is 0.218 e. The number of hydrogen-bond acceptors (Lipinski definition) is 5. The van der Waals surface area contributed by atoms with Crippen LogP contribution in [0, 0.1) is 0 Å². The predicted molar refractivity (Wildman–Crippen MR) is 62.7 cm³/mol. The highest BCUT2D eigenvalue weighted by Gasteiger charge is 2.04. The summed E-state index contributed by atoms with van der Waals surface area (Å²) in [5.74, 6) is 1.97. The second-order valence-corrected chi connectivity index (χ2v) is 3.39. The molecule has 0 radical (unpaired) electrons. The van der Waals surface area contributed by atoms with Gasteiger partial charge in [0.15, 0.2) is 5.82 Å². The first-order valence-corrected chi connectivity index (χ1v) is 5.47. The van der Waals surface area contributed by atoms with Gasteiger partial charge in [-0.25, -0.2) is 4.98 Å². The average molecular weight is 225 g/mol. The summed E-state index contributed by atoms with van der Waals surface area (Å²) in [5.41, 5.74) is 0. The first kappa shape index (κ1) is 12.7. The lowest BCUT2D eigenvalue weighted by Gasteiger charge is -2.08. The number of anilines is 1. The lowest BCUT2D eigenvalue weighted by molar-refractivity contribution is 0.176. The van der Waals surface area contributed by atoms with Crippen molar-refractivity contribution in [1.82, 2.24) is 9.97 Å². The third-order valence-electron chi connectivity index (χ3n) is 2.03. The molecule has 5 heteroatoms. The SMILES string of the molecule is CCCCOc1cc(NC)nc(COC)n1. The Labute approximate surface area is 96.2 Å². The summed E-state index contributed by atoms with van der Waals surface area (Å²) >= 11 is 0. The zero-order chi connectivity index (χ0) is 11.8. The molecule has 90 valence electrons. The zero-order valence-corrected chi connectivity index (χ0v) is 10.1. The second kappa shape index (κ2) is 7.00. The molecule has 0 saturated carbocycles. The summed E-state index contributed by atoms with van der Waals surface area (Å²) in [5, 5.41) is 2.97. The lowest BCUT2D eigenvalue weighted by Crippen LogP contribution is -2.05. The fraction of sp³-hybridized carbons (Fsp3) is 0.636. The van der Waals surface area contributed by atoms with Gasteiger partial charge >= 0.3 is 0 Å². The van der Waals surface area contributed by atoms with Gasteiger partial charge in [-0.3, -0.25) is 0 Å². The van der Waals surface area contributed by atoms with Gasteiger partial charge in [-0.2, -0.15) is 4.98 Å². The van der Waals surface area contributed by atoms with Gasteiger partial charge in [0.05, 0.1) is 6.61 Å². The largest absolute Gasteiger partial charge is 0.478 e. The summed E-state index contributed by atoms with van der Waals surface area (Å²) < 4.78 is 10.5. The van der Waals surface area contributed by atoms with Crippen LogP contribution in [0.15, 0.2) is 6.07 Å². The van der Waals surface area contributed by atoms with Crippen LogP contribution >= 0.6 is 0 Å². The molecule has 0 aliphatic carbocycles. The smallest absolute Gasteiger partial charge is 0.218 e. The Balaban J connectivity index is 2.69. The van der Waals surface area contributed by atoms with E-state index in [1.165, 1.54) is 0 Å². The van der Waals surface area contributed by atoms with Crippen LogP contribution in [0.25, 0.3) is 0 Å². The highest BCUT2D eigenvalue weighted by Crippen LogP contribution is 2.13. The van der Waals surface area contributed by atoms with Crippen molar-refractivity contribution in [3.8, 4) is 5.88 Å². The van der Waals surface area contributed by atoms with Crippen molar-refractivity contribution in [1.29, 1.82) is 0 Å².